The molecule has 0 aromatic heterocycles. The molecule has 104 valence electrons. The van der Waals surface area contributed by atoms with E-state index in [0.717, 1.165) is 0 Å². The Morgan fingerprint density at radius 2 is 1.57 bits per heavy atom. The van der Waals surface area contributed by atoms with Gasteiger partial charge in [-0.2, -0.15) is 5.26 Å². The molecule has 5 nitrogen and oxygen atoms in total. The second kappa shape index (κ2) is 6.55. The molecule has 0 radical (unpaired) electrons. The Labute approximate surface area is 126 Å². The lowest BCUT2D eigenvalue weighted by atomic mass is 10.2. The van der Waals surface area contributed by atoms with Gasteiger partial charge in [-0.15, -0.1) is 0 Å². The van der Waals surface area contributed by atoms with Gasteiger partial charge in [0.15, 0.2) is 0 Å². The van der Waals surface area contributed by atoms with Gasteiger partial charge in [-0.25, -0.2) is 0 Å². The summed E-state index contributed by atoms with van der Waals surface area (Å²) in [6, 6.07) is 14.6. The van der Waals surface area contributed by atoms with Crippen molar-refractivity contribution in [3.05, 3.63) is 59.1 Å². The molecule has 2 aromatic rings. The van der Waals surface area contributed by atoms with Crippen molar-refractivity contribution in [2.24, 2.45) is 0 Å². The lowest BCUT2D eigenvalue weighted by molar-refractivity contribution is -0.132. The molecule has 0 heterocycles. The van der Waals surface area contributed by atoms with Gasteiger partial charge >= 0.3 is 11.8 Å². The molecule has 21 heavy (non-hydrogen) atoms. The predicted octanol–water partition coefficient (Wildman–Crippen LogP) is 2.79. The second-order valence-electron chi connectivity index (χ2n) is 4.11. The summed E-state index contributed by atoms with van der Waals surface area (Å²) in [4.78, 5) is 23.5. The Bertz CT molecular complexity index is 720. The highest BCUT2D eigenvalue weighted by atomic mass is 35.5. The second-order valence-corrected chi connectivity index (χ2v) is 4.54. The van der Waals surface area contributed by atoms with Crippen molar-refractivity contribution in [2.45, 2.75) is 0 Å². The van der Waals surface area contributed by atoms with Gasteiger partial charge < -0.3 is 10.6 Å². The van der Waals surface area contributed by atoms with Gasteiger partial charge in [0.05, 0.1) is 11.6 Å². The molecule has 0 aliphatic rings. The molecule has 2 N–H and O–H groups in total. The molecule has 0 unspecified atom stereocenters. The minimum absolute atomic E-state index is 0.380. The highest BCUT2D eigenvalue weighted by Gasteiger charge is 2.14. The summed E-state index contributed by atoms with van der Waals surface area (Å²) >= 11 is 5.73. The van der Waals surface area contributed by atoms with Crippen molar-refractivity contribution in [1.29, 1.82) is 5.26 Å². The van der Waals surface area contributed by atoms with E-state index in [1.807, 2.05) is 6.07 Å². The quantitative estimate of drug-likeness (QED) is 0.837. The van der Waals surface area contributed by atoms with Crippen LogP contribution in [0.3, 0.4) is 0 Å². The van der Waals surface area contributed by atoms with Crippen molar-refractivity contribution in [2.75, 3.05) is 10.6 Å². The Morgan fingerprint density at radius 3 is 2.19 bits per heavy atom. The first-order valence-corrected chi connectivity index (χ1v) is 6.34. The van der Waals surface area contributed by atoms with E-state index in [1.54, 1.807) is 42.5 Å². The molecule has 2 amide bonds. The summed E-state index contributed by atoms with van der Waals surface area (Å²) in [6.45, 7) is 0. The van der Waals surface area contributed by atoms with Crippen LogP contribution in [0.25, 0.3) is 0 Å². The summed E-state index contributed by atoms with van der Waals surface area (Å²) in [6.07, 6.45) is 0. The lowest BCUT2D eigenvalue weighted by Crippen LogP contribution is -2.29. The number of nitriles is 1. The molecule has 6 heteroatoms. The van der Waals surface area contributed by atoms with Crippen LogP contribution < -0.4 is 10.6 Å². The van der Waals surface area contributed by atoms with Gasteiger partial charge in [0.2, 0.25) is 0 Å². The van der Waals surface area contributed by atoms with Crippen LogP contribution in [0.1, 0.15) is 5.56 Å². The zero-order valence-corrected chi connectivity index (χ0v) is 11.5. The minimum atomic E-state index is -0.819. The third-order valence-corrected chi connectivity index (χ3v) is 2.81. The fraction of sp³-hybridized carbons (Fsp3) is 0. The first kappa shape index (κ1) is 14.6. The Kier molecular flexibility index (Phi) is 4.54. The third kappa shape index (κ3) is 4.06. The van der Waals surface area contributed by atoms with Crippen molar-refractivity contribution < 1.29 is 9.59 Å². The van der Waals surface area contributed by atoms with Gasteiger partial charge in [0, 0.05) is 16.4 Å². The Morgan fingerprint density at radius 1 is 0.952 bits per heavy atom. The number of carbonyl (C=O) groups is 2. The van der Waals surface area contributed by atoms with Crippen molar-refractivity contribution >= 4 is 34.8 Å². The molecule has 0 fully saturated rings. The topological polar surface area (TPSA) is 82.0 Å². The van der Waals surface area contributed by atoms with E-state index < -0.39 is 11.8 Å². The summed E-state index contributed by atoms with van der Waals surface area (Å²) in [5.41, 5.74) is 1.24. The van der Waals surface area contributed by atoms with Crippen molar-refractivity contribution in [3.63, 3.8) is 0 Å². The number of halogens is 1. The van der Waals surface area contributed by atoms with Gasteiger partial charge in [-0.05, 0) is 42.5 Å². The SMILES string of the molecule is N#Cc1cccc(NC(=O)C(=O)Nc2ccc(Cl)cc2)c1. The Hall–Kier alpha value is -2.84. The first-order valence-electron chi connectivity index (χ1n) is 5.96. The van der Waals surface area contributed by atoms with Gasteiger partial charge in [0.1, 0.15) is 0 Å². The normalized spacial score (nSPS) is 9.52. The summed E-state index contributed by atoms with van der Waals surface area (Å²) in [5, 5.41) is 14.2. The smallest absolute Gasteiger partial charge is 0.314 e. The third-order valence-electron chi connectivity index (χ3n) is 2.56. The van der Waals surface area contributed by atoms with Crippen molar-refractivity contribution in [3.8, 4) is 6.07 Å². The highest BCUT2D eigenvalue weighted by molar-refractivity contribution is 6.43. The van der Waals surface area contributed by atoms with Crippen LogP contribution in [0.5, 0.6) is 0 Å². The van der Waals surface area contributed by atoms with Gasteiger partial charge in [0.25, 0.3) is 0 Å². The van der Waals surface area contributed by atoms with E-state index in [4.69, 9.17) is 16.9 Å². The molecule has 0 aliphatic carbocycles. The molecule has 0 spiro atoms. The highest BCUT2D eigenvalue weighted by Crippen LogP contribution is 2.14. The zero-order chi connectivity index (χ0) is 15.2. The maximum atomic E-state index is 11.8. The number of amides is 2. The van der Waals surface area contributed by atoms with Crippen LogP contribution in [-0.2, 0) is 9.59 Å². The molecular formula is C15H10ClN3O2. The molecule has 0 saturated heterocycles. The minimum Gasteiger partial charge on any atom is -0.318 e. The van der Waals surface area contributed by atoms with Crippen LogP contribution in [0.4, 0.5) is 11.4 Å². The maximum absolute atomic E-state index is 11.8. The van der Waals surface area contributed by atoms with Crippen LogP contribution in [-0.4, -0.2) is 11.8 Å². The first-order chi connectivity index (χ1) is 10.1. The van der Waals surface area contributed by atoms with E-state index in [-0.39, 0.29) is 0 Å². The number of rotatable bonds is 2. The average molecular weight is 300 g/mol. The number of anilines is 2. The largest absolute Gasteiger partial charge is 0.318 e. The molecule has 2 rings (SSSR count). The summed E-state index contributed by atoms with van der Waals surface area (Å²) < 4.78 is 0. The number of nitrogens with one attached hydrogen (secondary N) is 2. The lowest BCUT2D eigenvalue weighted by Gasteiger charge is -2.06. The van der Waals surface area contributed by atoms with Gasteiger partial charge in [-0.1, -0.05) is 17.7 Å². The molecular weight excluding hydrogens is 290 g/mol. The standard InChI is InChI=1S/C15H10ClN3O2/c16-11-4-6-12(7-5-11)18-14(20)15(21)19-13-3-1-2-10(8-13)9-17/h1-8H,(H,18,20)(H,19,21). The number of nitrogens with zero attached hydrogens (tertiary/aromatic N) is 1. The average Bonchev–Trinajstić information content (AvgIpc) is 2.49. The monoisotopic (exact) mass is 299 g/mol. The molecule has 0 atom stereocenters. The van der Waals surface area contributed by atoms with Crippen LogP contribution in [0, 0.1) is 11.3 Å². The molecule has 0 aliphatic heterocycles. The molecule has 0 saturated carbocycles. The Balaban J connectivity index is 2.01. The number of hydrogen-bond donors (Lipinski definition) is 2. The fourth-order valence-electron chi connectivity index (χ4n) is 1.58. The van der Waals surface area contributed by atoms with Crippen LogP contribution in [0.2, 0.25) is 5.02 Å². The molecule has 2 aromatic carbocycles. The van der Waals surface area contributed by atoms with E-state index in [2.05, 4.69) is 10.6 Å². The van der Waals surface area contributed by atoms with E-state index in [0.29, 0.717) is 22.0 Å². The zero-order valence-electron chi connectivity index (χ0n) is 10.8. The van der Waals surface area contributed by atoms with Gasteiger partial charge in [-0.3, -0.25) is 9.59 Å². The van der Waals surface area contributed by atoms with Crippen LogP contribution in [0.15, 0.2) is 48.5 Å². The van der Waals surface area contributed by atoms with E-state index >= 15 is 0 Å². The number of carbonyl (C=O) groups excluding carboxylic acids is 2. The number of benzene rings is 2. The van der Waals surface area contributed by atoms with E-state index in [1.165, 1.54) is 6.07 Å². The van der Waals surface area contributed by atoms with E-state index in [9.17, 15) is 9.59 Å². The summed E-state index contributed by atoms with van der Waals surface area (Å²) in [7, 11) is 0. The molecule has 0 bridgehead atoms. The van der Waals surface area contributed by atoms with Crippen molar-refractivity contribution in [1.82, 2.24) is 0 Å². The predicted molar refractivity (Wildman–Crippen MR) is 79.9 cm³/mol. The maximum Gasteiger partial charge on any atom is 0.314 e. The fourth-order valence-corrected chi connectivity index (χ4v) is 1.70. The summed E-state index contributed by atoms with van der Waals surface area (Å²) in [5.74, 6) is -1.63. The van der Waals surface area contributed by atoms with Crippen LogP contribution >= 0.6 is 11.6 Å². The number of hydrogen-bond acceptors (Lipinski definition) is 3.